The number of nitrogens with zero attached hydrogens (tertiary/aromatic N) is 2. The molecule has 202 valence electrons. The molecule has 2 heterocycles. The van der Waals surface area contributed by atoms with Gasteiger partial charge < -0.3 is 24.7 Å². The van der Waals surface area contributed by atoms with Crippen molar-refractivity contribution in [1.82, 2.24) is 0 Å². The Kier molecular flexibility index (Phi) is 8.21. The number of hydrogen-bond donors (Lipinski definition) is 1. The molecule has 0 saturated heterocycles. The Morgan fingerprint density at radius 2 is 1.82 bits per heavy atom. The fourth-order valence-electron chi connectivity index (χ4n) is 4.44. The van der Waals surface area contributed by atoms with Gasteiger partial charge in [0, 0.05) is 15.7 Å². The third kappa shape index (κ3) is 5.11. The van der Waals surface area contributed by atoms with Gasteiger partial charge in [-0.3, -0.25) is 19.3 Å². The smallest absolute Gasteiger partial charge is 0.339 e. The molecule has 1 atom stereocenters. The van der Waals surface area contributed by atoms with Gasteiger partial charge in [0.05, 0.1) is 13.2 Å². The van der Waals surface area contributed by atoms with Crippen LogP contribution in [0.3, 0.4) is 0 Å². The average Bonchev–Trinajstić information content (AvgIpc) is 3.01. The number of nitrogens with two attached hydrogens (primary N) is 1. The molecule has 1 unspecified atom stereocenters. The number of carbonyl (C=O) groups is 4. The van der Waals surface area contributed by atoms with Crippen LogP contribution < -0.4 is 10.6 Å². The van der Waals surface area contributed by atoms with Crippen molar-refractivity contribution in [3.63, 3.8) is 0 Å². The van der Waals surface area contributed by atoms with Crippen molar-refractivity contribution in [3.05, 3.63) is 51.0 Å². The van der Waals surface area contributed by atoms with Gasteiger partial charge in [-0.05, 0) is 52.8 Å². The summed E-state index contributed by atoms with van der Waals surface area (Å²) in [6.45, 7) is 7.67. The quantitative estimate of drug-likeness (QED) is 0.370. The number of fused-ring (bicyclic) bond motifs is 2. The second-order valence-corrected chi connectivity index (χ2v) is 10.3. The van der Waals surface area contributed by atoms with E-state index in [0.717, 1.165) is 4.90 Å². The van der Waals surface area contributed by atoms with Crippen LogP contribution in [-0.2, 0) is 43.5 Å². The third-order valence-corrected chi connectivity index (χ3v) is 6.13. The van der Waals surface area contributed by atoms with Crippen molar-refractivity contribution in [3.8, 4) is 6.07 Å². The van der Waals surface area contributed by atoms with Crippen molar-refractivity contribution in [2.45, 2.75) is 52.1 Å². The van der Waals surface area contributed by atoms with E-state index < -0.39 is 59.3 Å². The second kappa shape index (κ2) is 10.9. The molecule has 0 bridgehead atoms. The normalized spacial score (nSPS) is 18.7. The fraction of sp³-hybridized carbons (Fsp3) is 0.423. The topological polar surface area (TPSA) is 158 Å². The zero-order chi connectivity index (χ0) is 28.4. The number of ether oxygens (including phenoxy) is 4. The van der Waals surface area contributed by atoms with Crippen molar-refractivity contribution in [2.75, 3.05) is 24.7 Å². The Balaban J connectivity index is 2.36. The lowest BCUT2D eigenvalue weighted by Gasteiger charge is -2.35. The molecule has 1 spiro atoms. The van der Waals surface area contributed by atoms with Crippen molar-refractivity contribution < 1.29 is 38.1 Å². The van der Waals surface area contributed by atoms with Gasteiger partial charge in [0.15, 0.2) is 5.41 Å². The summed E-state index contributed by atoms with van der Waals surface area (Å²) in [6.07, 6.45) is -0.564. The number of nitriles is 1. The van der Waals surface area contributed by atoms with Gasteiger partial charge in [-0.25, -0.2) is 4.79 Å². The molecule has 2 aliphatic heterocycles. The number of halogens is 1. The molecule has 2 aliphatic rings. The first-order chi connectivity index (χ1) is 17.8. The molecule has 0 saturated carbocycles. The Hall–Kier alpha value is -3.85. The van der Waals surface area contributed by atoms with E-state index in [1.165, 1.54) is 0 Å². The highest BCUT2D eigenvalue weighted by molar-refractivity contribution is 9.10. The molecule has 0 aliphatic carbocycles. The maximum absolute atomic E-state index is 14.4. The first-order valence-corrected chi connectivity index (χ1v) is 12.6. The number of esters is 3. The van der Waals surface area contributed by atoms with Gasteiger partial charge in [-0.15, -0.1) is 0 Å². The van der Waals surface area contributed by atoms with E-state index in [1.54, 1.807) is 52.8 Å². The summed E-state index contributed by atoms with van der Waals surface area (Å²) in [7, 11) is 0. The van der Waals surface area contributed by atoms with Crippen LogP contribution in [-0.4, -0.2) is 49.2 Å². The molecule has 0 radical (unpaired) electrons. The van der Waals surface area contributed by atoms with Gasteiger partial charge in [-0.1, -0.05) is 15.9 Å². The largest absolute Gasteiger partial charge is 0.466 e. The minimum Gasteiger partial charge on any atom is -0.466 e. The Labute approximate surface area is 228 Å². The monoisotopic (exact) mass is 589 g/mol. The molecule has 1 amide bonds. The van der Waals surface area contributed by atoms with Crippen molar-refractivity contribution >= 4 is 45.4 Å². The van der Waals surface area contributed by atoms with Crippen LogP contribution in [0.1, 0.15) is 46.6 Å². The minimum atomic E-state index is -2.16. The van der Waals surface area contributed by atoms with Crippen LogP contribution in [0.5, 0.6) is 0 Å². The Bertz CT molecular complexity index is 1300. The summed E-state index contributed by atoms with van der Waals surface area (Å²) in [5, 5.41) is 10.2. The van der Waals surface area contributed by atoms with E-state index in [2.05, 4.69) is 15.9 Å². The van der Waals surface area contributed by atoms with E-state index in [-0.39, 0.29) is 35.8 Å². The van der Waals surface area contributed by atoms with Crippen LogP contribution >= 0.6 is 15.9 Å². The van der Waals surface area contributed by atoms with Crippen LogP contribution in [0, 0.1) is 11.3 Å². The molecular formula is C26H28BrN3O8. The first kappa shape index (κ1) is 28.7. The predicted octanol–water partition coefficient (Wildman–Crippen LogP) is 2.87. The van der Waals surface area contributed by atoms with Crippen LogP contribution in [0.25, 0.3) is 0 Å². The molecule has 0 fully saturated rings. The molecule has 1 aromatic rings. The number of anilines is 1. The second-order valence-electron chi connectivity index (χ2n) is 9.34. The third-order valence-electron chi connectivity index (χ3n) is 5.64. The van der Waals surface area contributed by atoms with Gasteiger partial charge in [0.1, 0.15) is 41.5 Å². The maximum Gasteiger partial charge on any atom is 0.339 e. The van der Waals surface area contributed by atoms with Gasteiger partial charge in [0.2, 0.25) is 11.8 Å². The number of benzene rings is 1. The molecule has 2 N–H and O–H groups in total. The highest BCUT2D eigenvalue weighted by Crippen LogP contribution is 2.55. The predicted molar refractivity (Wildman–Crippen MR) is 137 cm³/mol. The van der Waals surface area contributed by atoms with E-state index in [0.29, 0.717) is 4.47 Å². The van der Waals surface area contributed by atoms with Gasteiger partial charge in [-0.2, -0.15) is 5.26 Å². The number of rotatable bonds is 7. The van der Waals surface area contributed by atoms with Crippen molar-refractivity contribution in [1.29, 1.82) is 5.26 Å². The zero-order valence-electron chi connectivity index (χ0n) is 21.7. The molecule has 38 heavy (non-hydrogen) atoms. The number of carbonyl (C=O) groups excluding carboxylic acids is 4. The summed E-state index contributed by atoms with van der Waals surface area (Å²) in [5.41, 5.74) is 2.77. The number of amides is 1. The molecule has 3 rings (SSSR count). The molecule has 12 heteroatoms. The van der Waals surface area contributed by atoms with Crippen molar-refractivity contribution in [2.24, 2.45) is 5.73 Å². The summed E-state index contributed by atoms with van der Waals surface area (Å²) in [5.74, 6) is -4.06. The minimum absolute atomic E-state index is 0.0547. The Morgan fingerprint density at radius 3 is 2.39 bits per heavy atom. The fourth-order valence-corrected chi connectivity index (χ4v) is 4.81. The SMILES string of the molecule is CCOC(=O)CC1=C(C(=O)OCC)C2(C(=O)N(CC(=O)OC(C)(C)C)c3ccc(Br)cc32)C(C#N)=C(N)O1. The van der Waals surface area contributed by atoms with E-state index >= 15 is 0 Å². The zero-order valence-corrected chi connectivity index (χ0v) is 23.3. The van der Waals surface area contributed by atoms with E-state index in [1.807, 2.05) is 6.07 Å². The molecule has 1 aromatic carbocycles. The highest BCUT2D eigenvalue weighted by atomic mass is 79.9. The van der Waals surface area contributed by atoms with E-state index in [4.69, 9.17) is 24.7 Å². The maximum atomic E-state index is 14.4. The summed E-state index contributed by atoms with van der Waals surface area (Å²) in [4.78, 5) is 54.2. The van der Waals surface area contributed by atoms with Crippen LogP contribution in [0.4, 0.5) is 5.69 Å². The molecular weight excluding hydrogens is 562 g/mol. The first-order valence-electron chi connectivity index (χ1n) is 11.8. The van der Waals surface area contributed by atoms with Gasteiger partial charge in [0.25, 0.3) is 0 Å². The summed E-state index contributed by atoms with van der Waals surface area (Å²) < 4.78 is 21.8. The van der Waals surface area contributed by atoms with Gasteiger partial charge >= 0.3 is 17.9 Å². The standard InChI is InChI=1S/C26H28BrN3O8/c1-6-35-19(31)11-18-21(23(33)36-7-2)26(16(12-28)22(29)37-18)15-10-14(27)8-9-17(15)30(24(26)34)13-20(32)38-25(3,4)5/h8-10H,6-7,11,13,29H2,1-5H3. The highest BCUT2D eigenvalue weighted by Gasteiger charge is 2.63. The van der Waals surface area contributed by atoms with Crippen LogP contribution in [0.2, 0.25) is 0 Å². The summed E-state index contributed by atoms with van der Waals surface area (Å²) >= 11 is 3.38. The van der Waals surface area contributed by atoms with Crippen LogP contribution in [0.15, 0.2) is 45.5 Å². The number of hydrogen-bond acceptors (Lipinski definition) is 10. The average molecular weight is 590 g/mol. The lowest BCUT2D eigenvalue weighted by atomic mass is 9.68. The Morgan fingerprint density at radius 1 is 1.16 bits per heavy atom. The molecule has 0 aromatic heterocycles. The lowest BCUT2D eigenvalue weighted by molar-refractivity contribution is -0.153. The lowest BCUT2D eigenvalue weighted by Crippen LogP contribution is -2.50. The molecule has 11 nitrogen and oxygen atoms in total. The summed E-state index contributed by atoms with van der Waals surface area (Å²) in [6, 6.07) is 6.65. The van der Waals surface area contributed by atoms with E-state index in [9.17, 15) is 24.4 Å².